The summed E-state index contributed by atoms with van der Waals surface area (Å²) in [5, 5.41) is 5.44. The van der Waals surface area contributed by atoms with Gasteiger partial charge in [0.1, 0.15) is 6.04 Å². The molecule has 0 aliphatic heterocycles. The highest BCUT2D eigenvalue weighted by molar-refractivity contribution is 7.10. The lowest BCUT2D eigenvalue weighted by Gasteiger charge is -2.26. The van der Waals surface area contributed by atoms with Crippen LogP contribution in [0.5, 0.6) is 0 Å². The number of hydrogen-bond acceptors (Lipinski definition) is 4. The molecule has 0 bridgehead atoms. The highest BCUT2D eigenvalue weighted by Crippen LogP contribution is 2.24. The molecule has 94 valence electrons. The van der Waals surface area contributed by atoms with Crippen LogP contribution in [0.25, 0.3) is 0 Å². The van der Waals surface area contributed by atoms with Gasteiger partial charge < -0.3 is 4.74 Å². The fourth-order valence-electron chi connectivity index (χ4n) is 2.34. The maximum atomic E-state index is 11.8. The van der Waals surface area contributed by atoms with E-state index in [0.717, 1.165) is 4.88 Å². The summed E-state index contributed by atoms with van der Waals surface area (Å²) >= 11 is 1.60. The first-order chi connectivity index (χ1) is 8.31. The van der Waals surface area contributed by atoms with Crippen molar-refractivity contribution in [3.05, 3.63) is 22.4 Å². The number of ether oxygens (including phenoxy) is 1. The van der Waals surface area contributed by atoms with Gasteiger partial charge in [0.15, 0.2) is 0 Å². The van der Waals surface area contributed by atoms with Gasteiger partial charge in [-0.3, -0.25) is 5.32 Å². The molecule has 0 saturated heterocycles. The molecule has 4 heteroatoms. The second-order valence-electron chi connectivity index (χ2n) is 4.47. The third-order valence-electron chi connectivity index (χ3n) is 3.27. The van der Waals surface area contributed by atoms with Crippen LogP contribution >= 0.6 is 11.3 Å². The van der Waals surface area contributed by atoms with Crippen molar-refractivity contribution < 1.29 is 9.53 Å². The Bertz CT molecular complexity index is 344. The maximum absolute atomic E-state index is 11.8. The highest BCUT2D eigenvalue weighted by Gasteiger charge is 2.26. The summed E-state index contributed by atoms with van der Waals surface area (Å²) in [4.78, 5) is 12.8. The normalized spacial score (nSPS) is 18.9. The summed E-state index contributed by atoms with van der Waals surface area (Å²) in [5.41, 5.74) is 0. The molecule has 1 fully saturated rings. The summed E-state index contributed by atoms with van der Waals surface area (Å²) in [6.07, 6.45) is 6.17. The number of thiophene rings is 1. The van der Waals surface area contributed by atoms with Crippen LogP contribution in [0, 0.1) is 0 Å². The lowest BCUT2D eigenvalue weighted by Crippen LogP contribution is -2.38. The molecule has 1 aliphatic rings. The third-order valence-corrected chi connectivity index (χ3v) is 4.21. The van der Waals surface area contributed by atoms with E-state index in [2.05, 4.69) is 5.32 Å². The molecule has 0 spiro atoms. The largest absolute Gasteiger partial charge is 0.468 e. The number of methoxy groups -OCH3 is 1. The number of nitrogens with one attached hydrogen (secondary N) is 1. The minimum atomic E-state index is -0.289. The van der Waals surface area contributed by atoms with Gasteiger partial charge in [-0.15, -0.1) is 11.3 Å². The highest BCUT2D eigenvalue weighted by atomic mass is 32.1. The molecule has 0 amide bonds. The first-order valence-electron chi connectivity index (χ1n) is 6.18. The molecule has 3 nitrogen and oxygen atoms in total. The van der Waals surface area contributed by atoms with Gasteiger partial charge in [-0.1, -0.05) is 25.3 Å². The summed E-state index contributed by atoms with van der Waals surface area (Å²) in [7, 11) is 1.45. The quantitative estimate of drug-likeness (QED) is 0.839. The molecule has 1 unspecified atom stereocenters. The predicted molar refractivity (Wildman–Crippen MR) is 69.1 cm³/mol. The summed E-state index contributed by atoms with van der Waals surface area (Å²) in [5.74, 6) is -0.182. The fourth-order valence-corrected chi connectivity index (χ4v) is 3.12. The zero-order valence-electron chi connectivity index (χ0n) is 10.1. The van der Waals surface area contributed by atoms with Crippen molar-refractivity contribution in [2.24, 2.45) is 0 Å². The topological polar surface area (TPSA) is 38.3 Å². The Labute approximate surface area is 106 Å². The molecule has 17 heavy (non-hydrogen) atoms. The van der Waals surface area contributed by atoms with E-state index in [9.17, 15) is 4.79 Å². The average molecular weight is 253 g/mol. The van der Waals surface area contributed by atoms with Crippen LogP contribution in [0.4, 0.5) is 0 Å². The fraction of sp³-hybridized carbons (Fsp3) is 0.615. The summed E-state index contributed by atoms with van der Waals surface area (Å²) in [6.45, 7) is 0. The van der Waals surface area contributed by atoms with Gasteiger partial charge in [0.2, 0.25) is 0 Å². The zero-order valence-corrected chi connectivity index (χ0v) is 11.0. The van der Waals surface area contributed by atoms with E-state index in [1.165, 1.54) is 39.2 Å². The molecular weight excluding hydrogens is 234 g/mol. The summed E-state index contributed by atoms with van der Waals surface area (Å²) in [6, 6.07) is 4.12. The molecule has 1 aromatic heterocycles. The first-order valence-corrected chi connectivity index (χ1v) is 7.06. The van der Waals surface area contributed by atoms with Crippen molar-refractivity contribution in [2.45, 2.75) is 44.2 Å². The Morgan fingerprint density at radius 1 is 1.47 bits per heavy atom. The number of carbonyl (C=O) groups excluding carboxylic acids is 1. The Balaban J connectivity index is 2.02. The van der Waals surface area contributed by atoms with Gasteiger partial charge in [-0.25, -0.2) is 4.79 Å². The Kier molecular flexibility index (Phi) is 4.57. The molecule has 0 aromatic carbocycles. The average Bonchev–Trinajstić information content (AvgIpc) is 2.90. The van der Waals surface area contributed by atoms with Crippen molar-refractivity contribution in [3.63, 3.8) is 0 Å². The van der Waals surface area contributed by atoms with Gasteiger partial charge >= 0.3 is 5.97 Å². The summed E-state index contributed by atoms with van der Waals surface area (Å²) < 4.78 is 4.88. The van der Waals surface area contributed by atoms with Gasteiger partial charge in [-0.2, -0.15) is 0 Å². The minimum Gasteiger partial charge on any atom is -0.468 e. The van der Waals surface area contributed by atoms with Crippen LogP contribution in [0.1, 0.15) is 43.0 Å². The van der Waals surface area contributed by atoms with E-state index < -0.39 is 0 Å². The van der Waals surface area contributed by atoms with Crippen LogP contribution in [0.15, 0.2) is 17.5 Å². The first kappa shape index (κ1) is 12.6. The monoisotopic (exact) mass is 253 g/mol. The van der Waals surface area contributed by atoms with Crippen molar-refractivity contribution in [1.82, 2.24) is 5.32 Å². The molecule has 1 heterocycles. The van der Waals surface area contributed by atoms with E-state index in [1.54, 1.807) is 11.3 Å². The number of esters is 1. The van der Waals surface area contributed by atoms with E-state index in [-0.39, 0.29) is 12.0 Å². The van der Waals surface area contributed by atoms with Crippen LogP contribution in [-0.4, -0.2) is 19.1 Å². The SMILES string of the molecule is COC(=O)C(NC1CCCCC1)c1cccs1. The van der Waals surface area contributed by atoms with Crippen molar-refractivity contribution in [3.8, 4) is 0 Å². The molecule has 1 atom stereocenters. The number of hydrogen-bond donors (Lipinski definition) is 1. The van der Waals surface area contributed by atoms with Crippen LogP contribution < -0.4 is 5.32 Å². The van der Waals surface area contributed by atoms with E-state index in [1.807, 2.05) is 17.5 Å². The smallest absolute Gasteiger partial charge is 0.328 e. The van der Waals surface area contributed by atoms with Crippen molar-refractivity contribution in [2.75, 3.05) is 7.11 Å². The van der Waals surface area contributed by atoms with Crippen molar-refractivity contribution in [1.29, 1.82) is 0 Å². The number of carbonyl (C=O) groups is 1. The van der Waals surface area contributed by atoms with Gasteiger partial charge in [0.25, 0.3) is 0 Å². The van der Waals surface area contributed by atoms with Crippen LogP contribution in [0.3, 0.4) is 0 Å². The van der Waals surface area contributed by atoms with E-state index in [4.69, 9.17) is 4.74 Å². The molecule has 2 rings (SSSR count). The van der Waals surface area contributed by atoms with Gasteiger partial charge in [-0.05, 0) is 24.3 Å². The molecule has 1 aromatic rings. The lowest BCUT2D eigenvalue weighted by atomic mass is 9.95. The van der Waals surface area contributed by atoms with Crippen LogP contribution in [0.2, 0.25) is 0 Å². The molecular formula is C13H19NO2S. The van der Waals surface area contributed by atoms with Gasteiger partial charge in [0, 0.05) is 10.9 Å². The van der Waals surface area contributed by atoms with E-state index in [0.29, 0.717) is 6.04 Å². The minimum absolute atomic E-state index is 0.182. The van der Waals surface area contributed by atoms with Gasteiger partial charge in [0.05, 0.1) is 7.11 Å². The zero-order chi connectivity index (χ0) is 12.1. The molecule has 0 radical (unpaired) electrons. The lowest BCUT2D eigenvalue weighted by molar-refractivity contribution is -0.143. The molecule has 1 aliphatic carbocycles. The third kappa shape index (κ3) is 3.30. The predicted octanol–water partition coefficient (Wildman–Crippen LogP) is 2.88. The Morgan fingerprint density at radius 2 is 2.24 bits per heavy atom. The second-order valence-corrected chi connectivity index (χ2v) is 5.45. The molecule has 1 saturated carbocycles. The Morgan fingerprint density at radius 3 is 2.82 bits per heavy atom. The van der Waals surface area contributed by atoms with E-state index >= 15 is 0 Å². The molecule has 1 N–H and O–H groups in total. The van der Waals surface area contributed by atoms with Crippen molar-refractivity contribution >= 4 is 17.3 Å². The maximum Gasteiger partial charge on any atom is 0.328 e. The Hall–Kier alpha value is -0.870. The standard InChI is InChI=1S/C13H19NO2S/c1-16-13(15)12(11-8-5-9-17-11)14-10-6-3-2-4-7-10/h5,8-10,12,14H,2-4,6-7H2,1H3. The van der Waals surface area contributed by atoms with Crippen LogP contribution in [-0.2, 0) is 9.53 Å². The second kappa shape index (κ2) is 6.17. The number of rotatable bonds is 4.